The van der Waals surface area contributed by atoms with E-state index in [1.54, 1.807) is 41.0 Å². The number of carboxylic acid groups (broad SMARTS) is 2. The smallest absolute Gasteiger partial charge is 0.341 e. The molecule has 1 aliphatic rings. The van der Waals surface area contributed by atoms with Gasteiger partial charge in [-0.2, -0.15) is 0 Å². The highest BCUT2D eigenvalue weighted by Gasteiger charge is 2.21. The summed E-state index contributed by atoms with van der Waals surface area (Å²) in [5.41, 5.74) is 0.435. The number of aliphatic hydroxyl groups excluding tert-OH is 1. The molecule has 0 aliphatic carbocycles. The lowest BCUT2D eigenvalue weighted by molar-refractivity contribution is -0.146. The number of hydrogen-bond acceptors (Lipinski definition) is 6. The summed E-state index contributed by atoms with van der Waals surface area (Å²) in [5, 5.41) is 26.7. The van der Waals surface area contributed by atoms with E-state index >= 15 is 0 Å². The lowest BCUT2D eigenvalue weighted by Gasteiger charge is -2.34. The van der Waals surface area contributed by atoms with Gasteiger partial charge in [0.2, 0.25) is 5.43 Å². The van der Waals surface area contributed by atoms with E-state index in [4.69, 9.17) is 10.2 Å². The van der Waals surface area contributed by atoms with E-state index in [-0.39, 0.29) is 10.9 Å². The van der Waals surface area contributed by atoms with Gasteiger partial charge in [0.25, 0.3) is 0 Å². The maximum atomic E-state index is 14.6. The molecular formula is C25H28FN3O6. The second kappa shape index (κ2) is 11.1. The van der Waals surface area contributed by atoms with Crippen molar-refractivity contribution in [3.05, 3.63) is 75.8 Å². The van der Waals surface area contributed by atoms with Gasteiger partial charge in [0.15, 0.2) is 6.10 Å². The van der Waals surface area contributed by atoms with Crippen molar-refractivity contribution < 1.29 is 29.3 Å². The number of aromatic carboxylic acids is 1. The number of benzene rings is 2. The van der Waals surface area contributed by atoms with Crippen LogP contribution in [0.3, 0.4) is 0 Å². The van der Waals surface area contributed by atoms with E-state index in [2.05, 4.69) is 4.90 Å². The summed E-state index contributed by atoms with van der Waals surface area (Å²) in [7, 11) is 2.02. The third-order valence-electron chi connectivity index (χ3n) is 5.91. The second-order valence-electron chi connectivity index (χ2n) is 8.23. The summed E-state index contributed by atoms with van der Waals surface area (Å²) < 4.78 is 16.3. The van der Waals surface area contributed by atoms with Gasteiger partial charge >= 0.3 is 11.9 Å². The Kier molecular flexibility index (Phi) is 8.21. The van der Waals surface area contributed by atoms with Gasteiger partial charge in [-0.1, -0.05) is 30.3 Å². The van der Waals surface area contributed by atoms with Crippen LogP contribution in [0.4, 0.5) is 10.1 Å². The highest BCUT2D eigenvalue weighted by Crippen LogP contribution is 2.26. The third-order valence-corrected chi connectivity index (χ3v) is 5.91. The number of piperazine rings is 1. The standard InChI is InChI=1S/C17H20FN3O3.C8H8O3/c1-3-20-10-12(17(23)24)16(22)11-8-13(18)15(9-14(11)20)21-6-4-19(2)5-7-21;9-7(8(10)11)6-4-2-1-3-5-6/h8-10H,3-7H2,1-2H3,(H,23,24);1-5,7,9H,(H,10,11). The van der Waals surface area contributed by atoms with Crippen molar-refractivity contribution in [2.75, 3.05) is 38.1 Å². The number of likely N-dealkylation sites (N-methyl/N-ethyl adjacent to an activating group) is 1. The zero-order chi connectivity index (χ0) is 25.7. The van der Waals surface area contributed by atoms with Crippen molar-refractivity contribution in [2.24, 2.45) is 0 Å². The van der Waals surface area contributed by atoms with E-state index in [0.717, 1.165) is 13.1 Å². The van der Waals surface area contributed by atoms with Crippen LogP contribution < -0.4 is 10.3 Å². The molecule has 0 spiro atoms. The highest BCUT2D eigenvalue weighted by atomic mass is 19.1. The normalized spacial score (nSPS) is 14.8. The van der Waals surface area contributed by atoms with Crippen LogP contribution in [0.1, 0.15) is 28.9 Å². The first-order valence-corrected chi connectivity index (χ1v) is 11.1. The second-order valence-corrected chi connectivity index (χ2v) is 8.23. The number of carboxylic acids is 2. The van der Waals surface area contributed by atoms with Gasteiger partial charge in [-0.15, -0.1) is 0 Å². The molecule has 1 aliphatic heterocycles. The van der Waals surface area contributed by atoms with Crippen molar-refractivity contribution >= 4 is 28.5 Å². The number of anilines is 1. The van der Waals surface area contributed by atoms with Gasteiger partial charge < -0.3 is 29.7 Å². The van der Waals surface area contributed by atoms with Gasteiger partial charge in [0.05, 0.1) is 11.2 Å². The van der Waals surface area contributed by atoms with Crippen LogP contribution in [0.5, 0.6) is 0 Å². The first-order chi connectivity index (χ1) is 16.6. The fourth-order valence-corrected chi connectivity index (χ4v) is 3.88. The van der Waals surface area contributed by atoms with E-state index < -0.39 is 29.3 Å². The van der Waals surface area contributed by atoms with Crippen LogP contribution >= 0.6 is 0 Å². The molecule has 1 atom stereocenters. The Morgan fingerprint density at radius 1 is 1.06 bits per heavy atom. The number of aromatic nitrogens is 1. The number of fused-ring (bicyclic) bond motifs is 1. The molecule has 2 aromatic carbocycles. The number of nitrogens with zero attached hydrogens (tertiary/aromatic N) is 3. The SMILES string of the molecule is CCn1cc(C(=O)O)c(=O)c2cc(F)c(N3CCN(C)CC3)cc21.O=C(O)C(O)c1ccccc1. The Bertz CT molecular complexity index is 1270. The number of aliphatic carboxylic acids is 1. The molecule has 1 unspecified atom stereocenters. The monoisotopic (exact) mass is 485 g/mol. The number of carbonyl (C=O) groups is 2. The summed E-state index contributed by atoms with van der Waals surface area (Å²) in [6.45, 7) is 5.45. The van der Waals surface area contributed by atoms with Crippen LogP contribution in [0.2, 0.25) is 0 Å². The average molecular weight is 486 g/mol. The molecule has 1 fully saturated rings. The largest absolute Gasteiger partial charge is 0.479 e. The molecule has 0 saturated carbocycles. The molecule has 4 rings (SSSR count). The number of aryl methyl sites for hydroxylation is 1. The summed E-state index contributed by atoms with van der Waals surface area (Å²) in [4.78, 5) is 38.0. The third kappa shape index (κ3) is 5.84. The Hall–Kier alpha value is -3.76. The number of hydrogen-bond donors (Lipinski definition) is 3. The molecule has 10 heteroatoms. The van der Waals surface area contributed by atoms with Gasteiger partial charge in [0, 0.05) is 44.3 Å². The Labute approximate surface area is 201 Å². The molecule has 3 aromatic rings. The van der Waals surface area contributed by atoms with Crippen molar-refractivity contribution in [3.8, 4) is 0 Å². The number of pyridine rings is 1. The first kappa shape index (κ1) is 25.9. The summed E-state index contributed by atoms with van der Waals surface area (Å²) in [6.07, 6.45) is -0.0743. The van der Waals surface area contributed by atoms with E-state index in [1.165, 1.54) is 12.3 Å². The van der Waals surface area contributed by atoms with E-state index in [0.29, 0.717) is 36.4 Å². The Morgan fingerprint density at radius 2 is 1.69 bits per heavy atom. The van der Waals surface area contributed by atoms with Crippen molar-refractivity contribution in [3.63, 3.8) is 0 Å². The van der Waals surface area contributed by atoms with Crippen LogP contribution in [0.15, 0.2) is 53.5 Å². The highest BCUT2D eigenvalue weighted by molar-refractivity contribution is 5.93. The lowest BCUT2D eigenvalue weighted by atomic mass is 10.1. The molecule has 35 heavy (non-hydrogen) atoms. The quantitative estimate of drug-likeness (QED) is 0.504. The maximum Gasteiger partial charge on any atom is 0.341 e. The molecule has 1 aromatic heterocycles. The van der Waals surface area contributed by atoms with Crippen molar-refractivity contribution in [1.82, 2.24) is 9.47 Å². The molecule has 3 N–H and O–H groups in total. The van der Waals surface area contributed by atoms with Crippen molar-refractivity contribution in [2.45, 2.75) is 19.6 Å². The molecule has 0 bridgehead atoms. The fraction of sp³-hybridized carbons (Fsp3) is 0.320. The number of aliphatic hydroxyl groups is 1. The number of rotatable bonds is 5. The van der Waals surface area contributed by atoms with Crippen molar-refractivity contribution in [1.29, 1.82) is 0 Å². The van der Waals surface area contributed by atoms with E-state index in [9.17, 15) is 23.9 Å². The molecular weight excluding hydrogens is 457 g/mol. The fourth-order valence-electron chi connectivity index (χ4n) is 3.88. The van der Waals surface area contributed by atoms with Crippen LogP contribution in [0.25, 0.3) is 10.9 Å². The predicted molar refractivity (Wildman–Crippen MR) is 130 cm³/mol. The molecule has 0 radical (unpaired) electrons. The average Bonchev–Trinajstić information content (AvgIpc) is 2.85. The molecule has 0 amide bonds. The van der Waals surface area contributed by atoms with Crippen LogP contribution in [-0.4, -0.2) is 70.0 Å². The molecule has 2 heterocycles. The zero-order valence-corrected chi connectivity index (χ0v) is 19.5. The van der Waals surface area contributed by atoms with Gasteiger partial charge in [-0.3, -0.25) is 4.79 Å². The minimum atomic E-state index is -1.41. The minimum Gasteiger partial charge on any atom is -0.479 e. The topological polar surface area (TPSA) is 123 Å². The Balaban J connectivity index is 0.000000261. The van der Waals surface area contributed by atoms with Crippen LogP contribution in [0, 0.1) is 5.82 Å². The zero-order valence-electron chi connectivity index (χ0n) is 19.5. The van der Waals surface area contributed by atoms with E-state index in [1.807, 2.05) is 18.9 Å². The van der Waals surface area contributed by atoms with Gasteiger partial charge in [-0.25, -0.2) is 14.0 Å². The first-order valence-electron chi connectivity index (χ1n) is 11.1. The predicted octanol–water partition coefficient (Wildman–Crippen LogP) is 2.42. The molecule has 1 saturated heterocycles. The lowest BCUT2D eigenvalue weighted by Crippen LogP contribution is -2.44. The minimum absolute atomic E-state index is 0.104. The summed E-state index contributed by atoms with van der Waals surface area (Å²) in [5.74, 6) is -3.02. The summed E-state index contributed by atoms with van der Waals surface area (Å²) in [6, 6.07) is 11.1. The molecule has 186 valence electrons. The van der Waals surface area contributed by atoms with Crippen LogP contribution in [-0.2, 0) is 11.3 Å². The summed E-state index contributed by atoms with van der Waals surface area (Å²) >= 11 is 0. The molecule has 9 nitrogen and oxygen atoms in total. The van der Waals surface area contributed by atoms with Gasteiger partial charge in [-0.05, 0) is 31.7 Å². The Morgan fingerprint density at radius 3 is 2.23 bits per heavy atom. The van der Waals surface area contributed by atoms with Gasteiger partial charge in [0.1, 0.15) is 11.4 Å². The maximum absolute atomic E-state index is 14.6. The number of halogens is 1.